The van der Waals surface area contributed by atoms with E-state index in [1.165, 1.54) is 38.6 Å². The van der Waals surface area contributed by atoms with Gasteiger partial charge in [-0.1, -0.05) is 77.1 Å². The van der Waals surface area contributed by atoms with Gasteiger partial charge in [-0.15, -0.1) is 0 Å². The molecule has 31 heavy (non-hydrogen) atoms. The highest BCUT2D eigenvalue weighted by atomic mass is 14.9. The van der Waals surface area contributed by atoms with Gasteiger partial charge in [-0.2, -0.15) is 0 Å². The quantitative estimate of drug-likeness (QED) is 0.345. The highest BCUT2D eigenvalue weighted by Crippen LogP contribution is 2.37. The Hall–Kier alpha value is -3.00. The normalized spacial score (nSPS) is 13.4. The summed E-state index contributed by atoms with van der Waals surface area (Å²) < 4.78 is 0. The van der Waals surface area contributed by atoms with Crippen molar-refractivity contribution >= 4 is 10.8 Å². The van der Waals surface area contributed by atoms with E-state index in [0.29, 0.717) is 5.92 Å². The van der Waals surface area contributed by atoms with Crippen LogP contribution in [0.1, 0.15) is 62.8 Å². The molecule has 0 spiro atoms. The first-order chi connectivity index (χ1) is 14.8. The van der Waals surface area contributed by atoms with Crippen LogP contribution < -0.4 is 0 Å². The molecule has 2 nitrogen and oxygen atoms in total. The summed E-state index contributed by atoms with van der Waals surface area (Å²) in [5, 5.41) is 2.55. The molecule has 0 saturated heterocycles. The Bertz CT molecular complexity index is 1290. The number of hydrogen-bond acceptors (Lipinski definition) is 2. The Morgan fingerprint density at radius 2 is 1.65 bits per heavy atom. The van der Waals surface area contributed by atoms with E-state index in [4.69, 9.17) is 9.97 Å². The Balaban J connectivity index is 1.67. The largest absolute Gasteiger partial charge is 0.236 e. The molecule has 0 N–H and O–H groups in total. The molecule has 1 heterocycles. The predicted octanol–water partition coefficient (Wildman–Crippen LogP) is 7.48. The Kier molecular flexibility index (Phi) is 4.69. The summed E-state index contributed by atoms with van der Waals surface area (Å²) in [4.78, 5) is 9.92. The molecule has 1 aliphatic carbocycles. The van der Waals surface area contributed by atoms with Gasteiger partial charge in [0.05, 0.1) is 5.69 Å². The van der Waals surface area contributed by atoms with E-state index in [9.17, 15) is 0 Å². The Morgan fingerprint density at radius 3 is 2.42 bits per heavy atom. The van der Waals surface area contributed by atoms with Gasteiger partial charge < -0.3 is 0 Å². The lowest BCUT2D eigenvalue weighted by Crippen LogP contribution is -2.12. The Labute approximate surface area is 185 Å². The second kappa shape index (κ2) is 7.30. The van der Waals surface area contributed by atoms with E-state index in [-0.39, 0.29) is 5.41 Å². The van der Waals surface area contributed by atoms with E-state index in [2.05, 4.69) is 89.2 Å². The molecule has 0 amide bonds. The van der Waals surface area contributed by atoms with Crippen molar-refractivity contribution in [2.24, 2.45) is 0 Å². The minimum Gasteiger partial charge on any atom is -0.236 e. The smallest absolute Gasteiger partial charge is 0.159 e. The van der Waals surface area contributed by atoms with Crippen molar-refractivity contribution in [1.29, 1.82) is 0 Å². The standard InChI is InChI=1S/C29H30N2/c1-18(2)19-12-13-25-21(14-19)10-11-22-17-30-28(31-27(22)25)23-15-20-8-6-7-9-24(20)26(16-23)29(3,4)5/h6-9,12-18H,10-11H2,1-5H3. The molecule has 1 aromatic heterocycles. The van der Waals surface area contributed by atoms with E-state index < -0.39 is 0 Å². The predicted molar refractivity (Wildman–Crippen MR) is 131 cm³/mol. The lowest BCUT2D eigenvalue weighted by atomic mass is 9.82. The molecule has 2 heteroatoms. The number of benzene rings is 3. The number of aromatic nitrogens is 2. The zero-order chi connectivity index (χ0) is 21.8. The first kappa shape index (κ1) is 19.9. The van der Waals surface area contributed by atoms with Gasteiger partial charge in [0.1, 0.15) is 0 Å². The van der Waals surface area contributed by atoms with Crippen LogP contribution in [0.15, 0.2) is 60.8 Å². The van der Waals surface area contributed by atoms with Crippen LogP contribution in [0.5, 0.6) is 0 Å². The van der Waals surface area contributed by atoms with Crippen LogP contribution in [-0.4, -0.2) is 9.97 Å². The SMILES string of the molecule is CC(C)c1ccc2c(c1)CCc1cnc(-c3cc(C(C)(C)C)c4ccccc4c3)nc1-2. The zero-order valence-electron chi connectivity index (χ0n) is 19.2. The lowest BCUT2D eigenvalue weighted by Gasteiger charge is -2.23. The van der Waals surface area contributed by atoms with Crippen LogP contribution in [-0.2, 0) is 18.3 Å². The van der Waals surface area contributed by atoms with Crippen molar-refractivity contribution in [1.82, 2.24) is 9.97 Å². The van der Waals surface area contributed by atoms with Crippen molar-refractivity contribution in [3.8, 4) is 22.6 Å². The minimum atomic E-state index is 0.0453. The van der Waals surface area contributed by atoms with Gasteiger partial charge in [0.2, 0.25) is 0 Å². The van der Waals surface area contributed by atoms with Crippen LogP contribution in [0.25, 0.3) is 33.4 Å². The summed E-state index contributed by atoms with van der Waals surface area (Å²) in [6.45, 7) is 11.3. The van der Waals surface area contributed by atoms with Gasteiger partial charge in [0, 0.05) is 17.3 Å². The van der Waals surface area contributed by atoms with E-state index in [1.54, 1.807) is 0 Å². The fourth-order valence-electron chi connectivity index (χ4n) is 4.70. The molecule has 0 saturated carbocycles. The average molecular weight is 407 g/mol. The van der Waals surface area contributed by atoms with Gasteiger partial charge in [-0.3, -0.25) is 0 Å². The molecule has 3 aromatic carbocycles. The van der Waals surface area contributed by atoms with Crippen molar-refractivity contribution in [3.05, 3.63) is 83.0 Å². The molecule has 0 bridgehead atoms. The average Bonchev–Trinajstić information content (AvgIpc) is 2.76. The molecule has 0 fully saturated rings. The maximum atomic E-state index is 5.12. The summed E-state index contributed by atoms with van der Waals surface area (Å²) in [7, 11) is 0. The second-order valence-corrected chi connectivity index (χ2v) is 10.1. The van der Waals surface area contributed by atoms with Crippen LogP contribution in [0.4, 0.5) is 0 Å². The lowest BCUT2D eigenvalue weighted by molar-refractivity contribution is 0.596. The number of rotatable bonds is 2. The van der Waals surface area contributed by atoms with Gasteiger partial charge >= 0.3 is 0 Å². The van der Waals surface area contributed by atoms with Crippen molar-refractivity contribution in [3.63, 3.8) is 0 Å². The molecule has 5 rings (SSSR count). The second-order valence-electron chi connectivity index (χ2n) is 10.1. The van der Waals surface area contributed by atoms with Gasteiger partial charge in [-0.05, 0) is 69.3 Å². The van der Waals surface area contributed by atoms with E-state index >= 15 is 0 Å². The fraction of sp³-hybridized carbons (Fsp3) is 0.310. The number of nitrogens with zero attached hydrogens (tertiary/aromatic N) is 2. The minimum absolute atomic E-state index is 0.0453. The van der Waals surface area contributed by atoms with Gasteiger partial charge in [0.25, 0.3) is 0 Å². The zero-order valence-corrected chi connectivity index (χ0v) is 19.2. The van der Waals surface area contributed by atoms with Crippen molar-refractivity contribution in [2.75, 3.05) is 0 Å². The van der Waals surface area contributed by atoms with Crippen molar-refractivity contribution < 1.29 is 0 Å². The highest BCUT2D eigenvalue weighted by molar-refractivity contribution is 5.90. The summed E-state index contributed by atoms with van der Waals surface area (Å²) >= 11 is 0. The highest BCUT2D eigenvalue weighted by Gasteiger charge is 2.22. The summed E-state index contributed by atoms with van der Waals surface area (Å²) in [5.74, 6) is 1.36. The maximum absolute atomic E-state index is 5.12. The number of fused-ring (bicyclic) bond motifs is 4. The van der Waals surface area contributed by atoms with Crippen LogP contribution in [0, 0.1) is 0 Å². The monoisotopic (exact) mass is 406 g/mol. The number of hydrogen-bond donors (Lipinski definition) is 0. The fourth-order valence-corrected chi connectivity index (χ4v) is 4.70. The first-order valence-corrected chi connectivity index (χ1v) is 11.3. The first-order valence-electron chi connectivity index (χ1n) is 11.3. The van der Waals surface area contributed by atoms with Gasteiger partial charge in [0.15, 0.2) is 5.82 Å². The summed E-state index contributed by atoms with van der Waals surface area (Å²) in [6.07, 6.45) is 4.12. The molecular weight excluding hydrogens is 376 g/mol. The van der Waals surface area contributed by atoms with Crippen LogP contribution in [0.2, 0.25) is 0 Å². The van der Waals surface area contributed by atoms with Gasteiger partial charge in [-0.25, -0.2) is 9.97 Å². The topological polar surface area (TPSA) is 25.8 Å². The molecule has 0 radical (unpaired) electrons. The number of aryl methyl sites for hydroxylation is 2. The van der Waals surface area contributed by atoms with Crippen LogP contribution >= 0.6 is 0 Å². The summed E-state index contributed by atoms with van der Waals surface area (Å²) in [5.41, 5.74) is 8.92. The summed E-state index contributed by atoms with van der Waals surface area (Å²) in [6, 6.07) is 20.1. The molecule has 1 aliphatic rings. The van der Waals surface area contributed by atoms with Crippen LogP contribution in [0.3, 0.4) is 0 Å². The third-order valence-electron chi connectivity index (χ3n) is 6.51. The third kappa shape index (κ3) is 3.54. The Morgan fingerprint density at radius 1 is 0.871 bits per heavy atom. The third-order valence-corrected chi connectivity index (χ3v) is 6.51. The molecule has 0 atom stereocenters. The van der Waals surface area contributed by atoms with E-state index in [1.807, 2.05) is 6.20 Å². The molecule has 0 aliphatic heterocycles. The molecule has 156 valence electrons. The van der Waals surface area contributed by atoms with Crippen molar-refractivity contribution in [2.45, 2.75) is 58.8 Å². The maximum Gasteiger partial charge on any atom is 0.159 e. The molecule has 4 aromatic rings. The van der Waals surface area contributed by atoms with E-state index in [0.717, 1.165) is 29.9 Å². The molecular formula is C29H30N2. The molecule has 0 unspecified atom stereocenters.